The predicted molar refractivity (Wildman–Crippen MR) is 85.3 cm³/mol. The average molecular weight is 287 g/mol. The van der Waals surface area contributed by atoms with Gasteiger partial charge in [0, 0.05) is 19.6 Å². The van der Waals surface area contributed by atoms with Gasteiger partial charge in [-0.25, -0.2) is 4.98 Å². The van der Waals surface area contributed by atoms with Crippen LogP contribution in [0.15, 0.2) is 30.6 Å². The highest BCUT2D eigenvalue weighted by molar-refractivity contribution is 5.74. The molecular weight excluding hydrogens is 262 g/mol. The van der Waals surface area contributed by atoms with E-state index in [9.17, 15) is 5.11 Å². The van der Waals surface area contributed by atoms with E-state index in [1.54, 1.807) is 0 Å². The Hall–Kier alpha value is -1.39. The minimum Gasteiger partial charge on any atom is -0.393 e. The second-order valence-corrected chi connectivity index (χ2v) is 6.06. The number of para-hydroxylation sites is 2. The Morgan fingerprint density at radius 3 is 2.67 bits per heavy atom. The van der Waals surface area contributed by atoms with Crippen molar-refractivity contribution in [3.05, 3.63) is 30.6 Å². The quantitative estimate of drug-likeness (QED) is 0.831. The molecule has 4 heteroatoms. The molecule has 0 spiro atoms. The molecule has 2 heterocycles. The number of hydrogen-bond acceptors (Lipinski definition) is 3. The Kier molecular flexibility index (Phi) is 4.88. The highest BCUT2D eigenvalue weighted by Crippen LogP contribution is 2.14. The van der Waals surface area contributed by atoms with Crippen molar-refractivity contribution in [1.82, 2.24) is 14.5 Å². The number of aromatic nitrogens is 2. The van der Waals surface area contributed by atoms with Crippen molar-refractivity contribution in [2.45, 2.75) is 44.8 Å². The number of unbranched alkanes of at least 4 members (excludes halogenated alkanes) is 2. The van der Waals surface area contributed by atoms with Gasteiger partial charge >= 0.3 is 0 Å². The van der Waals surface area contributed by atoms with Gasteiger partial charge in [-0.05, 0) is 44.4 Å². The number of benzene rings is 1. The molecule has 0 bridgehead atoms. The second-order valence-electron chi connectivity index (χ2n) is 6.06. The molecule has 0 amide bonds. The molecule has 1 aliphatic heterocycles. The lowest BCUT2D eigenvalue weighted by atomic mass is 10.1. The molecule has 3 rings (SSSR count). The van der Waals surface area contributed by atoms with Gasteiger partial charge in [0.1, 0.15) is 0 Å². The first-order chi connectivity index (χ1) is 10.3. The van der Waals surface area contributed by atoms with Crippen LogP contribution in [-0.4, -0.2) is 45.3 Å². The highest BCUT2D eigenvalue weighted by Gasteiger charge is 2.15. The molecule has 1 aromatic carbocycles. The van der Waals surface area contributed by atoms with Crippen LogP contribution in [-0.2, 0) is 6.54 Å². The minimum absolute atomic E-state index is 0.0595. The fourth-order valence-electron chi connectivity index (χ4n) is 3.13. The molecule has 0 radical (unpaired) electrons. The summed E-state index contributed by atoms with van der Waals surface area (Å²) in [6.07, 6.45) is 7.50. The van der Waals surface area contributed by atoms with Crippen LogP contribution in [0.25, 0.3) is 11.0 Å². The van der Waals surface area contributed by atoms with E-state index >= 15 is 0 Å². The van der Waals surface area contributed by atoms with Crippen LogP contribution in [0.1, 0.15) is 32.1 Å². The Bertz CT molecular complexity index is 558. The van der Waals surface area contributed by atoms with Gasteiger partial charge in [0.05, 0.1) is 23.5 Å². The largest absolute Gasteiger partial charge is 0.393 e. The fourth-order valence-corrected chi connectivity index (χ4v) is 3.13. The monoisotopic (exact) mass is 287 g/mol. The van der Waals surface area contributed by atoms with Crippen molar-refractivity contribution in [2.75, 3.05) is 19.6 Å². The third kappa shape index (κ3) is 3.83. The van der Waals surface area contributed by atoms with Gasteiger partial charge in [0.15, 0.2) is 0 Å². The lowest BCUT2D eigenvalue weighted by molar-refractivity contribution is 0.0817. The van der Waals surface area contributed by atoms with Gasteiger partial charge in [-0.1, -0.05) is 18.6 Å². The maximum atomic E-state index is 9.49. The number of aryl methyl sites for hydroxylation is 1. The van der Waals surface area contributed by atoms with Gasteiger partial charge in [0.2, 0.25) is 0 Å². The third-order valence-corrected chi connectivity index (χ3v) is 4.46. The minimum atomic E-state index is -0.0595. The van der Waals surface area contributed by atoms with Crippen LogP contribution in [0.5, 0.6) is 0 Å². The van der Waals surface area contributed by atoms with Gasteiger partial charge in [-0.15, -0.1) is 0 Å². The predicted octanol–water partition coefficient (Wildman–Crippen LogP) is 2.66. The standard InChI is InChI=1S/C17H25N3O/c21-15-8-12-19(13-9-15)10-4-1-5-11-20-14-18-16-6-2-3-7-17(16)20/h2-3,6-7,14-15,21H,1,4-5,8-13H2. The van der Waals surface area contributed by atoms with Crippen molar-refractivity contribution in [3.8, 4) is 0 Å². The van der Waals surface area contributed by atoms with E-state index in [0.717, 1.165) is 38.0 Å². The molecule has 114 valence electrons. The summed E-state index contributed by atoms with van der Waals surface area (Å²) in [6.45, 7) is 4.36. The molecular formula is C17H25N3O. The van der Waals surface area contributed by atoms with E-state index < -0.39 is 0 Å². The molecule has 0 atom stereocenters. The Morgan fingerprint density at radius 2 is 1.81 bits per heavy atom. The Labute approximate surface area is 126 Å². The maximum Gasteiger partial charge on any atom is 0.0958 e. The second kappa shape index (κ2) is 7.05. The maximum absolute atomic E-state index is 9.49. The van der Waals surface area contributed by atoms with E-state index in [-0.39, 0.29) is 6.10 Å². The number of fused-ring (bicyclic) bond motifs is 1. The first-order valence-corrected chi connectivity index (χ1v) is 8.13. The molecule has 0 unspecified atom stereocenters. The molecule has 4 nitrogen and oxygen atoms in total. The normalized spacial score (nSPS) is 17.6. The summed E-state index contributed by atoms with van der Waals surface area (Å²) in [4.78, 5) is 6.91. The van der Waals surface area contributed by atoms with E-state index in [1.165, 1.54) is 31.3 Å². The van der Waals surface area contributed by atoms with Crippen molar-refractivity contribution in [1.29, 1.82) is 0 Å². The molecule has 1 aliphatic rings. The van der Waals surface area contributed by atoms with E-state index in [0.29, 0.717) is 0 Å². The van der Waals surface area contributed by atoms with Gasteiger partial charge < -0.3 is 14.6 Å². The Balaban J connectivity index is 1.37. The SMILES string of the molecule is OC1CCN(CCCCCn2cnc3ccccc32)CC1. The summed E-state index contributed by atoms with van der Waals surface area (Å²) in [5, 5.41) is 9.49. The van der Waals surface area contributed by atoms with Crippen LogP contribution in [0.3, 0.4) is 0 Å². The third-order valence-electron chi connectivity index (χ3n) is 4.46. The lowest BCUT2D eigenvalue weighted by Crippen LogP contribution is -2.36. The number of hydrogen-bond donors (Lipinski definition) is 1. The zero-order valence-corrected chi connectivity index (χ0v) is 12.6. The molecule has 1 saturated heterocycles. The molecule has 0 saturated carbocycles. The van der Waals surface area contributed by atoms with Crippen molar-refractivity contribution < 1.29 is 5.11 Å². The number of likely N-dealkylation sites (tertiary alicyclic amines) is 1. The molecule has 1 N–H and O–H groups in total. The van der Waals surface area contributed by atoms with Crippen molar-refractivity contribution in [3.63, 3.8) is 0 Å². The summed E-state index contributed by atoms with van der Waals surface area (Å²) in [5.41, 5.74) is 2.33. The number of piperidine rings is 1. The van der Waals surface area contributed by atoms with Crippen molar-refractivity contribution >= 4 is 11.0 Å². The number of nitrogens with zero attached hydrogens (tertiary/aromatic N) is 3. The number of aliphatic hydroxyl groups excluding tert-OH is 1. The first kappa shape index (κ1) is 14.5. The topological polar surface area (TPSA) is 41.3 Å². The smallest absolute Gasteiger partial charge is 0.0958 e. The van der Waals surface area contributed by atoms with E-state index in [1.807, 2.05) is 12.4 Å². The highest BCUT2D eigenvalue weighted by atomic mass is 16.3. The molecule has 1 fully saturated rings. The van der Waals surface area contributed by atoms with Crippen LogP contribution in [0.2, 0.25) is 0 Å². The molecule has 21 heavy (non-hydrogen) atoms. The number of aliphatic hydroxyl groups is 1. The van der Waals surface area contributed by atoms with E-state index in [4.69, 9.17) is 0 Å². The zero-order chi connectivity index (χ0) is 14.5. The van der Waals surface area contributed by atoms with Gasteiger partial charge in [0.25, 0.3) is 0 Å². The van der Waals surface area contributed by atoms with E-state index in [2.05, 4.69) is 32.7 Å². The zero-order valence-electron chi connectivity index (χ0n) is 12.6. The van der Waals surface area contributed by atoms with Crippen LogP contribution < -0.4 is 0 Å². The number of rotatable bonds is 6. The summed E-state index contributed by atoms with van der Waals surface area (Å²) in [7, 11) is 0. The summed E-state index contributed by atoms with van der Waals surface area (Å²) in [6, 6.07) is 8.32. The number of imidazole rings is 1. The summed E-state index contributed by atoms with van der Waals surface area (Å²) >= 11 is 0. The first-order valence-electron chi connectivity index (χ1n) is 8.13. The lowest BCUT2D eigenvalue weighted by Gasteiger charge is -2.29. The summed E-state index contributed by atoms with van der Waals surface area (Å²) in [5.74, 6) is 0. The van der Waals surface area contributed by atoms with Gasteiger partial charge in [-0.3, -0.25) is 0 Å². The molecule has 2 aromatic rings. The Morgan fingerprint density at radius 1 is 1.05 bits per heavy atom. The molecule has 1 aromatic heterocycles. The average Bonchev–Trinajstić information content (AvgIpc) is 2.92. The van der Waals surface area contributed by atoms with Crippen LogP contribution >= 0.6 is 0 Å². The van der Waals surface area contributed by atoms with Crippen LogP contribution in [0.4, 0.5) is 0 Å². The summed E-state index contributed by atoms with van der Waals surface area (Å²) < 4.78 is 2.26. The van der Waals surface area contributed by atoms with Gasteiger partial charge in [-0.2, -0.15) is 0 Å². The fraction of sp³-hybridized carbons (Fsp3) is 0.588. The molecule has 0 aliphatic carbocycles. The van der Waals surface area contributed by atoms with Crippen LogP contribution in [0, 0.1) is 0 Å². The van der Waals surface area contributed by atoms with Crippen molar-refractivity contribution in [2.24, 2.45) is 0 Å².